The Morgan fingerprint density at radius 3 is 2.29 bits per heavy atom. The summed E-state index contributed by atoms with van der Waals surface area (Å²) in [5.74, 6) is -0.0995. The molecule has 0 rings (SSSR count). The number of aldehydes is 2. The van der Waals surface area contributed by atoms with Crippen LogP contribution in [0.2, 0.25) is 0 Å². The Morgan fingerprint density at radius 2 is 2.14 bits per heavy atom. The van der Waals surface area contributed by atoms with E-state index in [0.29, 0.717) is 6.42 Å². The van der Waals surface area contributed by atoms with E-state index in [1.807, 2.05) is 0 Å². The van der Waals surface area contributed by atoms with E-state index in [0.717, 1.165) is 12.6 Å². The Morgan fingerprint density at radius 1 is 1.57 bits per heavy atom. The molecular weight excluding hydrogens is 92.1 g/mol. The maximum Gasteiger partial charge on any atom is 0.123 e. The Labute approximate surface area is 42.5 Å². The van der Waals surface area contributed by atoms with Crippen molar-refractivity contribution in [2.45, 2.75) is 13.3 Å². The fourth-order valence-electron chi connectivity index (χ4n) is 0.207. The summed E-state index contributed by atoms with van der Waals surface area (Å²) in [7, 11) is 0. The first-order valence-electron chi connectivity index (χ1n) is 2.20. The van der Waals surface area contributed by atoms with E-state index in [2.05, 4.69) is 0 Å². The molecule has 0 fully saturated rings. The van der Waals surface area contributed by atoms with E-state index < -0.39 is 0 Å². The number of hydrogen-bond acceptors (Lipinski definition) is 2. The minimum atomic E-state index is -0.0995. The lowest BCUT2D eigenvalue weighted by atomic mass is 10.1. The van der Waals surface area contributed by atoms with E-state index >= 15 is 0 Å². The van der Waals surface area contributed by atoms with Gasteiger partial charge in [-0.2, -0.15) is 0 Å². The van der Waals surface area contributed by atoms with Gasteiger partial charge < -0.3 is 9.59 Å². The Kier molecular flexibility index (Phi) is 3.19. The first-order chi connectivity index (χ1) is 3.31. The summed E-state index contributed by atoms with van der Waals surface area (Å²) in [4.78, 5) is 19.4. The quantitative estimate of drug-likeness (QED) is 0.481. The van der Waals surface area contributed by atoms with Crippen molar-refractivity contribution in [1.29, 1.82) is 0 Å². The standard InChI is InChI=1S/C5H8O2/c1-5(4-7)2-3-6/h3-5H,2H2,1H3. The number of hydrogen-bond donors (Lipinski definition) is 0. The summed E-state index contributed by atoms with van der Waals surface area (Å²) in [6, 6.07) is 0. The molecule has 0 spiro atoms. The van der Waals surface area contributed by atoms with Gasteiger partial charge in [0, 0.05) is 12.3 Å². The molecule has 0 radical (unpaired) electrons. The predicted octanol–water partition coefficient (Wildman–Crippen LogP) is 0.410. The van der Waals surface area contributed by atoms with Gasteiger partial charge in [0.15, 0.2) is 0 Å². The van der Waals surface area contributed by atoms with Crippen molar-refractivity contribution in [1.82, 2.24) is 0 Å². The van der Waals surface area contributed by atoms with Gasteiger partial charge in [0.25, 0.3) is 0 Å². The van der Waals surface area contributed by atoms with Crippen molar-refractivity contribution >= 4 is 12.6 Å². The van der Waals surface area contributed by atoms with Crippen LogP contribution in [0.25, 0.3) is 0 Å². The molecule has 0 heterocycles. The topological polar surface area (TPSA) is 34.1 Å². The molecule has 2 nitrogen and oxygen atoms in total. The van der Waals surface area contributed by atoms with Crippen LogP contribution >= 0.6 is 0 Å². The van der Waals surface area contributed by atoms with Crippen LogP contribution in [0.4, 0.5) is 0 Å². The molecule has 1 unspecified atom stereocenters. The van der Waals surface area contributed by atoms with Crippen LogP contribution in [0.1, 0.15) is 13.3 Å². The molecule has 1 atom stereocenters. The lowest BCUT2D eigenvalue weighted by Gasteiger charge is -1.88. The highest BCUT2D eigenvalue weighted by Gasteiger charge is 1.93. The first-order valence-corrected chi connectivity index (χ1v) is 2.20. The average Bonchev–Trinajstić information content (AvgIpc) is 1.68. The molecule has 0 aliphatic rings. The predicted molar refractivity (Wildman–Crippen MR) is 25.9 cm³/mol. The highest BCUT2D eigenvalue weighted by atomic mass is 16.1. The Hall–Kier alpha value is -0.660. The van der Waals surface area contributed by atoms with Crippen LogP contribution in [0.3, 0.4) is 0 Å². The zero-order valence-electron chi connectivity index (χ0n) is 4.26. The van der Waals surface area contributed by atoms with E-state index in [4.69, 9.17) is 0 Å². The first kappa shape index (κ1) is 6.34. The molecule has 7 heavy (non-hydrogen) atoms. The highest BCUT2D eigenvalue weighted by Crippen LogP contribution is 1.90. The summed E-state index contributed by atoms with van der Waals surface area (Å²) in [5.41, 5.74) is 0. The summed E-state index contributed by atoms with van der Waals surface area (Å²) in [6.07, 6.45) is 1.87. The molecule has 0 saturated carbocycles. The van der Waals surface area contributed by atoms with Gasteiger partial charge in [0.1, 0.15) is 12.6 Å². The van der Waals surface area contributed by atoms with Crippen molar-refractivity contribution in [3.63, 3.8) is 0 Å². The van der Waals surface area contributed by atoms with E-state index in [1.54, 1.807) is 6.92 Å². The molecule has 0 aromatic heterocycles. The number of rotatable bonds is 3. The molecule has 2 heteroatoms. The monoisotopic (exact) mass is 100 g/mol. The lowest BCUT2D eigenvalue weighted by molar-refractivity contribution is -0.115. The highest BCUT2D eigenvalue weighted by molar-refractivity contribution is 5.61. The minimum Gasteiger partial charge on any atom is -0.303 e. The van der Waals surface area contributed by atoms with Gasteiger partial charge in [-0.15, -0.1) is 0 Å². The third kappa shape index (κ3) is 3.16. The van der Waals surface area contributed by atoms with Crippen molar-refractivity contribution < 1.29 is 9.59 Å². The number of carbonyl (C=O) groups excluding carboxylic acids is 2. The minimum absolute atomic E-state index is 0.0995. The van der Waals surface area contributed by atoms with E-state index in [-0.39, 0.29) is 5.92 Å². The molecule has 0 aromatic rings. The number of carbonyl (C=O) groups is 2. The Bertz CT molecular complexity index is 68.5. The van der Waals surface area contributed by atoms with Crippen LogP contribution in [-0.2, 0) is 9.59 Å². The molecule has 40 valence electrons. The molecule has 0 N–H and O–H groups in total. The summed E-state index contributed by atoms with van der Waals surface area (Å²) >= 11 is 0. The van der Waals surface area contributed by atoms with Gasteiger partial charge in [-0.05, 0) is 0 Å². The van der Waals surface area contributed by atoms with Crippen LogP contribution < -0.4 is 0 Å². The molecule has 0 saturated heterocycles. The van der Waals surface area contributed by atoms with Gasteiger partial charge >= 0.3 is 0 Å². The van der Waals surface area contributed by atoms with Crippen LogP contribution in [0, 0.1) is 5.92 Å². The van der Waals surface area contributed by atoms with Crippen molar-refractivity contribution in [3.05, 3.63) is 0 Å². The fourth-order valence-corrected chi connectivity index (χ4v) is 0.207. The summed E-state index contributed by atoms with van der Waals surface area (Å²) < 4.78 is 0. The molecule has 0 amide bonds. The molecular formula is C5H8O2. The third-order valence-electron chi connectivity index (χ3n) is 0.700. The van der Waals surface area contributed by atoms with Crippen molar-refractivity contribution in [3.8, 4) is 0 Å². The molecule has 0 bridgehead atoms. The molecule has 0 aliphatic carbocycles. The van der Waals surface area contributed by atoms with Gasteiger partial charge in [-0.1, -0.05) is 6.92 Å². The van der Waals surface area contributed by atoms with Crippen molar-refractivity contribution in [2.75, 3.05) is 0 Å². The van der Waals surface area contributed by atoms with Gasteiger partial charge in [-0.3, -0.25) is 0 Å². The second-order valence-electron chi connectivity index (χ2n) is 1.52. The van der Waals surface area contributed by atoms with Crippen LogP contribution in [0.5, 0.6) is 0 Å². The summed E-state index contributed by atoms with van der Waals surface area (Å²) in [6.45, 7) is 1.71. The van der Waals surface area contributed by atoms with Gasteiger partial charge in [0.05, 0.1) is 0 Å². The SMILES string of the molecule is CC(C=O)CC=O. The lowest BCUT2D eigenvalue weighted by Crippen LogP contribution is -1.94. The van der Waals surface area contributed by atoms with Gasteiger partial charge in [0.2, 0.25) is 0 Å². The molecule has 0 aromatic carbocycles. The summed E-state index contributed by atoms with van der Waals surface area (Å²) in [5, 5.41) is 0. The third-order valence-corrected chi connectivity index (χ3v) is 0.700. The largest absolute Gasteiger partial charge is 0.303 e. The van der Waals surface area contributed by atoms with Crippen LogP contribution in [0.15, 0.2) is 0 Å². The normalized spacial score (nSPS) is 12.7. The zero-order chi connectivity index (χ0) is 5.70. The second kappa shape index (κ2) is 3.53. The fraction of sp³-hybridized carbons (Fsp3) is 0.600. The molecule has 0 aliphatic heterocycles. The smallest absolute Gasteiger partial charge is 0.123 e. The van der Waals surface area contributed by atoms with E-state index in [9.17, 15) is 9.59 Å². The van der Waals surface area contributed by atoms with E-state index in [1.165, 1.54) is 0 Å². The Balaban J connectivity index is 3.15. The second-order valence-corrected chi connectivity index (χ2v) is 1.52. The maximum atomic E-state index is 9.74. The van der Waals surface area contributed by atoms with Crippen molar-refractivity contribution in [2.24, 2.45) is 5.92 Å². The zero-order valence-corrected chi connectivity index (χ0v) is 4.26. The van der Waals surface area contributed by atoms with Gasteiger partial charge in [-0.25, -0.2) is 0 Å². The average molecular weight is 100 g/mol. The maximum absolute atomic E-state index is 9.74. The van der Waals surface area contributed by atoms with Crippen LogP contribution in [-0.4, -0.2) is 12.6 Å².